The minimum absolute atomic E-state index is 0.668. The number of nitrogens with one attached hydrogen (secondary N) is 2. The first-order valence-corrected chi connectivity index (χ1v) is 3.99. The molecule has 3 nitrogen and oxygen atoms in total. The highest BCUT2D eigenvalue weighted by Crippen LogP contribution is 1.79. The number of hydrogen-bond donors (Lipinski definition) is 2. The van der Waals surface area contributed by atoms with Crippen LogP contribution in [0.3, 0.4) is 0 Å². The van der Waals surface area contributed by atoms with Gasteiger partial charge in [-0.25, -0.2) is 0 Å². The van der Waals surface area contributed by atoms with Gasteiger partial charge >= 0.3 is 0 Å². The van der Waals surface area contributed by atoms with Crippen molar-refractivity contribution in [1.82, 2.24) is 10.6 Å². The maximum Gasteiger partial charge on any atom is 0.0622 e. The van der Waals surface area contributed by atoms with E-state index in [-0.39, 0.29) is 0 Å². The summed E-state index contributed by atoms with van der Waals surface area (Å²) in [6, 6.07) is 2.06. The third kappa shape index (κ3) is 26.6. The molecule has 0 spiro atoms. The fourth-order valence-electron chi connectivity index (χ4n) is 0.344. The molecule has 0 amide bonds. The summed E-state index contributed by atoms with van der Waals surface area (Å²) in [7, 11) is 3.82. The van der Waals surface area contributed by atoms with Crippen LogP contribution in [0.15, 0.2) is 0 Å². The maximum absolute atomic E-state index is 8.02. The van der Waals surface area contributed by atoms with Crippen LogP contribution in [-0.2, 0) is 0 Å². The molecule has 0 radical (unpaired) electrons. The van der Waals surface area contributed by atoms with Crippen molar-refractivity contribution in [2.45, 2.75) is 19.8 Å². The van der Waals surface area contributed by atoms with E-state index in [4.69, 9.17) is 5.26 Å². The Labute approximate surface area is 69.8 Å². The zero-order valence-electron chi connectivity index (χ0n) is 7.78. The van der Waals surface area contributed by atoms with E-state index in [2.05, 4.69) is 23.6 Å². The van der Waals surface area contributed by atoms with Gasteiger partial charge in [0.25, 0.3) is 0 Å². The van der Waals surface area contributed by atoms with E-state index in [1.807, 2.05) is 14.1 Å². The minimum Gasteiger partial charge on any atom is -0.320 e. The number of unbranched alkanes of at least 4 members (excludes halogenated alkanes) is 1. The largest absolute Gasteiger partial charge is 0.320 e. The summed E-state index contributed by atoms with van der Waals surface area (Å²) in [5, 5.41) is 13.9. The average molecular weight is 157 g/mol. The lowest BCUT2D eigenvalue weighted by molar-refractivity contribution is 0.739. The Balaban J connectivity index is 0. The van der Waals surface area contributed by atoms with Gasteiger partial charge in [-0.05, 0) is 33.6 Å². The van der Waals surface area contributed by atoms with Gasteiger partial charge in [0, 0.05) is 6.42 Å². The van der Waals surface area contributed by atoms with E-state index in [1.165, 1.54) is 0 Å². The van der Waals surface area contributed by atoms with Crippen LogP contribution < -0.4 is 10.6 Å². The molecule has 0 aromatic heterocycles. The first-order chi connectivity index (χ1) is 5.33. The Morgan fingerprint density at radius 2 is 1.82 bits per heavy atom. The van der Waals surface area contributed by atoms with Crippen LogP contribution >= 0.6 is 0 Å². The lowest BCUT2D eigenvalue weighted by Crippen LogP contribution is -2.06. The van der Waals surface area contributed by atoms with Gasteiger partial charge in [0.2, 0.25) is 0 Å². The summed E-state index contributed by atoms with van der Waals surface area (Å²) in [5.74, 6) is 0. The standard InChI is InChI=1S/C5H10N2.C3H9N/c1-7-5-3-2-4-6;1-3-4-2/h7H,2-3,5H2,1H3;4H,3H2,1-2H3. The predicted octanol–water partition coefficient (Wildman–Crippen LogP) is 0.735. The van der Waals surface area contributed by atoms with Gasteiger partial charge < -0.3 is 10.6 Å². The Bertz CT molecular complexity index is 83.8. The summed E-state index contributed by atoms with van der Waals surface area (Å²) in [6.45, 7) is 4.09. The Hall–Kier alpha value is -0.590. The molecule has 0 heterocycles. The topological polar surface area (TPSA) is 47.8 Å². The molecular weight excluding hydrogens is 138 g/mol. The minimum atomic E-state index is 0.668. The molecule has 0 rings (SSSR count). The molecule has 0 bridgehead atoms. The highest BCUT2D eigenvalue weighted by Gasteiger charge is 1.78. The van der Waals surface area contributed by atoms with E-state index in [1.54, 1.807) is 0 Å². The lowest BCUT2D eigenvalue weighted by Gasteiger charge is -1.88. The molecule has 0 aromatic rings. The van der Waals surface area contributed by atoms with E-state index in [0.717, 1.165) is 19.5 Å². The number of hydrogen-bond acceptors (Lipinski definition) is 3. The molecule has 0 atom stereocenters. The SMILES string of the molecule is CCNC.CNCCCC#N. The number of nitriles is 1. The van der Waals surface area contributed by atoms with Crippen LogP contribution in [-0.4, -0.2) is 27.2 Å². The molecule has 3 heteroatoms. The van der Waals surface area contributed by atoms with Crippen molar-refractivity contribution in [1.29, 1.82) is 5.26 Å². The Morgan fingerprint density at radius 3 is 2.09 bits per heavy atom. The van der Waals surface area contributed by atoms with Gasteiger partial charge in [-0.15, -0.1) is 0 Å². The van der Waals surface area contributed by atoms with E-state index in [9.17, 15) is 0 Å². The third-order valence-corrected chi connectivity index (χ3v) is 1.07. The molecule has 0 unspecified atom stereocenters. The van der Waals surface area contributed by atoms with E-state index < -0.39 is 0 Å². The summed E-state index contributed by atoms with van der Waals surface area (Å²) in [5.41, 5.74) is 0. The van der Waals surface area contributed by atoms with E-state index in [0.29, 0.717) is 6.42 Å². The van der Waals surface area contributed by atoms with Crippen molar-refractivity contribution >= 4 is 0 Å². The first kappa shape index (κ1) is 13.0. The molecule has 0 saturated heterocycles. The molecule has 0 fully saturated rings. The summed E-state index contributed by atoms with van der Waals surface area (Å²) >= 11 is 0. The zero-order valence-corrected chi connectivity index (χ0v) is 7.78. The Kier molecular flexibility index (Phi) is 19.2. The van der Waals surface area contributed by atoms with Gasteiger partial charge in [0.15, 0.2) is 0 Å². The average Bonchev–Trinajstić information content (AvgIpc) is 2.06. The normalized spacial score (nSPS) is 7.82. The van der Waals surface area contributed by atoms with Gasteiger partial charge in [0.1, 0.15) is 0 Å². The molecule has 0 aliphatic carbocycles. The highest BCUT2D eigenvalue weighted by atomic mass is 14.8. The summed E-state index contributed by atoms with van der Waals surface area (Å²) in [6.07, 6.45) is 1.63. The van der Waals surface area contributed by atoms with Crippen molar-refractivity contribution in [2.75, 3.05) is 27.2 Å². The molecule has 2 N–H and O–H groups in total. The van der Waals surface area contributed by atoms with Gasteiger partial charge in [-0.3, -0.25) is 0 Å². The van der Waals surface area contributed by atoms with Crippen LogP contribution in [0.25, 0.3) is 0 Å². The molecule has 0 aromatic carbocycles. The van der Waals surface area contributed by atoms with Gasteiger partial charge in [-0.1, -0.05) is 6.92 Å². The predicted molar refractivity (Wildman–Crippen MR) is 48.4 cm³/mol. The quantitative estimate of drug-likeness (QED) is 0.592. The number of nitrogens with zero attached hydrogens (tertiary/aromatic N) is 1. The van der Waals surface area contributed by atoms with Crippen LogP contribution in [0.5, 0.6) is 0 Å². The molecule has 0 aliphatic heterocycles. The van der Waals surface area contributed by atoms with Crippen LogP contribution in [0.1, 0.15) is 19.8 Å². The monoisotopic (exact) mass is 157 g/mol. The smallest absolute Gasteiger partial charge is 0.0622 e. The molecular formula is C8H19N3. The second-order valence-corrected chi connectivity index (χ2v) is 2.07. The van der Waals surface area contributed by atoms with Crippen LogP contribution in [0.4, 0.5) is 0 Å². The second kappa shape index (κ2) is 16.2. The second-order valence-electron chi connectivity index (χ2n) is 2.07. The van der Waals surface area contributed by atoms with Crippen molar-refractivity contribution in [2.24, 2.45) is 0 Å². The molecule has 0 aliphatic rings. The Morgan fingerprint density at radius 1 is 1.27 bits per heavy atom. The molecule has 0 saturated carbocycles. The summed E-state index contributed by atoms with van der Waals surface area (Å²) in [4.78, 5) is 0. The maximum atomic E-state index is 8.02. The van der Waals surface area contributed by atoms with Crippen molar-refractivity contribution < 1.29 is 0 Å². The van der Waals surface area contributed by atoms with E-state index >= 15 is 0 Å². The third-order valence-electron chi connectivity index (χ3n) is 1.07. The number of rotatable bonds is 4. The molecule has 11 heavy (non-hydrogen) atoms. The fraction of sp³-hybridized carbons (Fsp3) is 0.875. The first-order valence-electron chi connectivity index (χ1n) is 3.99. The van der Waals surface area contributed by atoms with Gasteiger partial charge in [0.05, 0.1) is 6.07 Å². The van der Waals surface area contributed by atoms with Gasteiger partial charge in [-0.2, -0.15) is 5.26 Å². The lowest BCUT2D eigenvalue weighted by atomic mass is 10.3. The molecule has 66 valence electrons. The van der Waals surface area contributed by atoms with Crippen molar-refractivity contribution in [3.63, 3.8) is 0 Å². The van der Waals surface area contributed by atoms with Crippen molar-refractivity contribution in [3.8, 4) is 6.07 Å². The zero-order chi connectivity index (χ0) is 8.95. The van der Waals surface area contributed by atoms with Crippen LogP contribution in [0.2, 0.25) is 0 Å². The van der Waals surface area contributed by atoms with Crippen molar-refractivity contribution in [3.05, 3.63) is 0 Å². The summed E-state index contributed by atoms with van der Waals surface area (Å²) < 4.78 is 0. The highest BCUT2D eigenvalue weighted by molar-refractivity contribution is 4.68. The van der Waals surface area contributed by atoms with Crippen LogP contribution in [0, 0.1) is 11.3 Å². The fourth-order valence-corrected chi connectivity index (χ4v) is 0.344.